The van der Waals surface area contributed by atoms with Gasteiger partial charge in [0.2, 0.25) is 0 Å². The van der Waals surface area contributed by atoms with Crippen LogP contribution >= 0.6 is 0 Å². The Bertz CT molecular complexity index is 6430. The average Bonchev–Trinajstić information content (AvgIpc) is 1.62. The molecule has 24 bridgehead atoms. The number of aromatic nitrogens is 12. The number of fused-ring (bicyclic) bond motifs is 24. The third-order valence-electron chi connectivity index (χ3n) is 24.6. The Hall–Kier alpha value is -13.7. The Kier molecular flexibility index (Phi) is 29.3. The molecule has 0 atom stereocenters. The number of aliphatic carboxylic acids is 6. The van der Waals surface area contributed by atoms with Crippen LogP contribution < -0.4 is 30.6 Å². The molecule has 0 unspecified atom stereocenters. The summed E-state index contributed by atoms with van der Waals surface area (Å²) >= 11 is 0. The zero-order chi connectivity index (χ0) is 90.9. The molecule has 128 heavy (non-hydrogen) atoms. The van der Waals surface area contributed by atoms with Crippen molar-refractivity contribution >= 4 is 245 Å². The fourth-order valence-electron chi connectivity index (χ4n) is 17.3. The predicted molar refractivity (Wildman–Crippen MR) is 504 cm³/mol. The van der Waals surface area contributed by atoms with Crippen LogP contribution in [-0.4, -0.2) is 135 Å². The van der Waals surface area contributed by atoms with Crippen LogP contribution in [0.2, 0.25) is 0 Å². The van der Waals surface area contributed by atoms with Crippen molar-refractivity contribution in [2.24, 2.45) is 0 Å². The number of nitrogens with one attached hydrogen (secondary N) is 6. The van der Waals surface area contributed by atoms with E-state index in [-0.39, 0.29) is 117 Å². The maximum atomic E-state index is 11.4. The van der Waals surface area contributed by atoms with E-state index < -0.39 is 35.8 Å². The first-order valence-corrected chi connectivity index (χ1v) is 41.5. The van der Waals surface area contributed by atoms with Crippen LogP contribution in [0.4, 0.5) is 0 Å². The second kappa shape index (κ2) is 39.5. The van der Waals surface area contributed by atoms with Gasteiger partial charge >= 0.3 is 39.6 Å². The van der Waals surface area contributed by atoms with Gasteiger partial charge < -0.3 is 89.3 Å². The molecule has 0 aromatic carbocycles. The Balaban J connectivity index is 0.000000185. The van der Waals surface area contributed by atoms with Crippen LogP contribution in [-0.2, 0) is 28.8 Å². The normalized spacial score (nSPS) is 12.8. The van der Waals surface area contributed by atoms with E-state index in [1.807, 2.05) is 174 Å². The Morgan fingerprint density at radius 1 is 0.227 bits per heavy atom. The number of allylic oxidation sites excluding steroid dienone is 12. The van der Waals surface area contributed by atoms with Gasteiger partial charge in [0.1, 0.15) is 0 Å². The van der Waals surface area contributed by atoms with E-state index >= 15 is 0 Å². The molecule has 0 saturated carbocycles. The van der Waals surface area contributed by atoms with E-state index in [4.69, 9.17) is 29.9 Å². The van der Waals surface area contributed by atoms with Gasteiger partial charge in [-0.1, -0.05) is 75.9 Å². The second-order valence-electron chi connectivity index (χ2n) is 32.1. The fraction of sp³-hybridized carbons (Fsp3) is 0.235. The van der Waals surface area contributed by atoms with Crippen LogP contribution in [0.25, 0.3) is 170 Å². The molecule has 0 fully saturated rings. The van der Waals surface area contributed by atoms with Crippen molar-refractivity contribution in [1.82, 2.24) is 59.8 Å². The minimum atomic E-state index is -1.15. The third kappa shape index (κ3) is 19.3. The van der Waals surface area contributed by atoms with Gasteiger partial charge in [0.05, 0.1) is 68.3 Å². The number of carboxylic acids is 6. The molecule has 24 nitrogen and oxygen atoms in total. The summed E-state index contributed by atoms with van der Waals surface area (Å²) < 4.78 is 0. The van der Waals surface area contributed by atoms with Gasteiger partial charge in [0.15, 0.2) is 0 Å². The van der Waals surface area contributed by atoms with Crippen LogP contribution in [0.15, 0.2) is 112 Å². The molecule has 0 aliphatic carbocycles. The molecule has 0 radical (unpaired) electrons. The number of nitrogens with zero attached hydrogens (tertiary/aromatic N) is 6. The Labute approximate surface area is 766 Å². The molecule has 26 heteroatoms. The second-order valence-corrected chi connectivity index (χ2v) is 32.1. The Morgan fingerprint density at radius 2 is 0.359 bits per heavy atom. The molecular weight excluding hydrogens is 1720 g/mol. The first-order chi connectivity index (χ1) is 60.0. The molecule has 642 valence electrons. The summed E-state index contributed by atoms with van der Waals surface area (Å²) in [5, 5.41) is 68.4. The van der Waals surface area contributed by atoms with Crippen LogP contribution in [0.1, 0.15) is 254 Å². The summed E-state index contributed by atoms with van der Waals surface area (Å²) in [4.78, 5) is 119. The largest absolute Gasteiger partial charge is 3.00 e. The number of carboxylic acid groups (broad SMARTS) is 6. The average molecular weight is 1820 g/mol. The number of hydrogen-bond acceptors (Lipinski definition) is 18. The van der Waals surface area contributed by atoms with Crippen LogP contribution in [0, 0.1) is 41.5 Å². The number of carbonyl (C=O) groups excluding carboxylic acids is 6. The molecular formula is C102H96Ga2N12O12. The number of H-pyrrole nitrogens is 6. The zero-order valence-electron chi connectivity index (χ0n) is 73.9. The minimum Gasteiger partial charge on any atom is -0.550 e. The molecule has 15 heterocycles. The van der Waals surface area contributed by atoms with Gasteiger partial charge in [-0.3, -0.25) is 0 Å². The minimum absolute atomic E-state index is 0. The standard InChI is InChI=1S/3C34H34N4O4.2Ga/c3*1-7-21-17(3)25-13-26-19(5)23(9-11-33(39)40)31(37-26)16-32-24(10-12-34(41)42)20(6)28(38-32)15-30-22(8-2)18(4)27(36-30)14-29(21)35-25;;/h3*7-8,13-16,35-36H,1-2,9-12H2,3-6H3,(H,39,40)(H,41,42);;/q;;;2*+3/p-6. The number of hydrogen-bond donors (Lipinski definition) is 6. The molecule has 6 aliphatic rings. The third-order valence-corrected chi connectivity index (χ3v) is 24.6. The smallest absolute Gasteiger partial charge is 0.550 e. The van der Waals surface area contributed by atoms with Crippen molar-refractivity contribution in [2.75, 3.05) is 0 Å². The summed E-state index contributed by atoms with van der Waals surface area (Å²) in [6.45, 7) is 47.9. The zero-order valence-corrected chi connectivity index (χ0v) is 78.7. The van der Waals surface area contributed by atoms with Gasteiger partial charge in [0.25, 0.3) is 0 Å². The maximum Gasteiger partial charge on any atom is 3.00 e. The summed E-state index contributed by atoms with van der Waals surface area (Å²) in [5.74, 6) is -6.87. The van der Waals surface area contributed by atoms with Crippen LogP contribution in [0.5, 0.6) is 0 Å². The van der Waals surface area contributed by atoms with E-state index in [0.29, 0.717) is 68.3 Å². The SMILES string of the molecule is C=Cc1c(C)c2cc3[nH]c(cc4nc(cc5nc(cc1[nH]2)C(C)=C5CCC(=O)[O-])C(CCC(=O)[O-])=C4C)c(C)c3C=C.C=Cc1c(C)c2cc3[nH]c(cc4nc(cc5nc(cc1[nH]2)C(C)=C5CCC(=O)[O-])C(CCC(=O)[O-])=C4C)c(C)c3C=C.C=Cc1c(C)c2cc3[nH]c(cc4nc(cc5nc(cc1[nH]2)C(C)=C5CCC(=O)[O-])C(CCC(=O)[O-])=C4C)c(C)c3C=C.[Ga+3].[Ga+3]. The van der Waals surface area contributed by atoms with Crippen molar-refractivity contribution in [3.63, 3.8) is 0 Å². The van der Waals surface area contributed by atoms with E-state index in [2.05, 4.69) is 69.4 Å². The van der Waals surface area contributed by atoms with Gasteiger partial charge in [-0.25, -0.2) is 29.9 Å². The summed E-state index contributed by atoms with van der Waals surface area (Å²) in [6, 6.07) is 23.3. The number of rotatable bonds is 24. The molecule has 0 saturated heterocycles. The van der Waals surface area contributed by atoms with Crippen molar-refractivity contribution < 1.29 is 59.4 Å². The van der Waals surface area contributed by atoms with Gasteiger partial charge in [-0.05, 0) is 333 Å². The van der Waals surface area contributed by atoms with E-state index in [1.165, 1.54) is 0 Å². The summed E-state index contributed by atoms with van der Waals surface area (Å²) in [5.41, 5.74) is 39.8. The summed E-state index contributed by atoms with van der Waals surface area (Å²) in [7, 11) is 0. The quantitative estimate of drug-likeness (QED) is 0.0306. The summed E-state index contributed by atoms with van der Waals surface area (Å²) in [6.07, 6.45) is 11.4. The van der Waals surface area contributed by atoms with Gasteiger partial charge in [-0.15, -0.1) is 0 Å². The maximum absolute atomic E-state index is 11.4. The fourth-order valence-corrected chi connectivity index (χ4v) is 17.3. The van der Waals surface area contributed by atoms with Gasteiger partial charge in [-0.2, -0.15) is 0 Å². The topological polar surface area (TPSA) is 413 Å². The van der Waals surface area contributed by atoms with Crippen molar-refractivity contribution in [2.45, 2.75) is 160 Å². The number of carbonyl (C=O) groups is 6. The number of aryl methyl sites for hydroxylation is 6. The van der Waals surface area contributed by atoms with E-state index in [0.717, 1.165) is 200 Å². The molecule has 6 aliphatic heterocycles. The molecule has 9 aromatic heterocycles. The van der Waals surface area contributed by atoms with E-state index in [9.17, 15) is 59.4 Å². The first-order valence-electron chi connectivity index (χ1n) is 41.5. The first kappa shape index (κ1) is 95.0. The molecule has 15 rings (SSSR count). The molecule has 6 N–H and O–H groups in total. The van der Waals surface area contributed by atoms with E-state index in [1.54, 1.807) is 18.2 Å². The number of aromatic amines is 6. The molecule has 9 aromatic rings. The van der Waals surface area contributed by atoms with Crippen molar-refractivity contribution in [3.8, 4) is 0 Å². The predicted octanol–water partition coefficient (Wildman–Crippen LogP) is 14.7. The molecule has 0 amide bonds. The monoisotopic (exact) mass is 1820 g/mol. The Morgan fingerprint density at radius 3 is 0.500 bits per heavy atom. The molecule has 0 spiro atoms. The van der Waals surface area contributed by atoms with Crippen molar-refractivity contribution in [3.05, 3.63) is 247 Å². The van der Waals surface area contributed by atoms with Crippen LogP contribution in [0.3, 0.4) is 0 Å². The van der Waals surface area contributed by atoms with Gasteiger partial charge in [0, 0.05) is 135 Å². The van der Waals surface area contributed by atoms with Crippen molar-refractivity contribution in [1.29, 1.82) is 0 Å².